The summed E-state index contributed by atoms with van der Waals surface area (Å²) in [5.41, 5.74) is 1.44. The Labute approximate surface area is 183 Å². The smallest absolute Gasteiger partial charge is 0.265 e. The largest absolute Gasteiger partial charge is 0.495 e. The molecule has 2 N–H and O–H groups in total. The molecule has 1 amide bonds. The summed E-state index contributed by atoms with van der Waals surface area (Å²) in [6.45, 7) is 3.16. The lowest BCUT2D eigenvalue weighted by Gasteiger charge is -2.14. The zero-order valence-corrected chi connectivity index (χ0v) is 18.4. The molecule has 0 unspecified atom stereocenters. The van der Waals surface area contributed by atoms with Crippen LogP contribution in [0.4, 0.5) is 16.0 Å². The van der Waals surface area contributed by atoms with Gasteiger partial charge < -0.3 is 9.26 Å². The van der Waals surface area contributed by atoms with Crippen LogP contribution in [0.3, 0.4) is 0 Å². The maximum Gasteiger partial charge on any atom is 0.265 e. The molecular formula is C20H19ClFN3O5S. The third-order valence-corrected chi connectivity index (χ3v) is 6.00. The van der Waals surface area contributed by atoms with Crippen LogP contribution in [0, 0.1) is 5.82 Å². The van der Waals surface area contributed by atoms with Crippen molar-refractivity contribution in [1.82, 2.24) is 5.16 Å². The molecule has 1 aromatic heterocycles. The Bertz CT molecular complexity index is 1240. The highest BCUT2D eigenvalue weighted by Crippen LogP contribution is 2.37. The summed E-state index contributed by atoms with van der Waals surface area (Å²) in [6, 6.07) is 7.77. The van der Waals surface area contributed by atoms with Gasteiger partial charge in [-0.3, -0.25) is 14.8 Å². The van der Waals surface area contributed by atoms with Gasteiger partial charge in [0.05, 0.1) is 29.1 Å². The summed E-state index contributed by atoms with van der Waals surface area (Å²) in [5.74, 6) is -0.788. The number of carbonyl (C=O) groups is 1. The van der Waals surface area contributed by atoms with E-state index >= 15 is 0 Å². The van der Waals surface area contributed by atoms with Gasteiger partial charge in [-0.15, -0.1) is 0 Å². The number of hydrogen-bond acceptors (Lipinski definition) is 6. The van der Waals surface area contributed by atoms with Gasteiger partial charge in [0.1, 0.15) is 16.5 Å². The van der Waals surface area contributed by atoms with Crippen molar-refractivity contribution in [1.29, 1.82) is 0 Å². The van der Waals surface area contributed by atoms with Crippen molar-refractivity contribution in [3.8, 4) is 16.9 Å². The minimum atomic E-state index is -4.18. The number of rotatable bonds is 7. The normalized spacial score (nSPS) is 11.3. The summed E-state index contributed by atoms with van der Waals surface area (Å²) >= 11 is 5.96. The molecule has 11 heteroatoms. The Balaban J connectivity index is 2.12. The first kappa shape index (κ1) is 22.6. The van der Waals surface area contributed by atoms with E-state index in [9.17, 15) is 17.6 Å². The van der Waals surface area contributed by atoms with Crippen molar-refractivity contribution < 1.29 is 26.9 Å². The van der Waals surface area contributed by atoms with Gasteiger partial charge in [-0.25, -0.2) is 12.8 Å². The van der Waals surface area contributed by atoms with Crippen LogP contribution < -0.4 is 14.8 Å². The number of ether oxygens (including phenoxy) is 1. The second-order valence-electron chi connectivity index (χ2n) is 6.46. The molecule has 3 aromatic rings. The van der Waals surface area contributed by atoms with E-state index in [2.05, 4.69) is 15.2 Å². The number of nitrogens with zero attached hydrogens (tertiary/aromatic N) is 1. The van der Waals surface area contributed by atoms with Gasteiger partial charge in [-0.2, -0.15) is 0 Å². The zero-order chi connectivity index (χ0) is 22.8. The van der Waals surface area contributed by atoms with Crippen LogP contribution in [0.5, 0.6) is 5.75 Å². The zero-order valence-electron chi connectivity index (χ0n) is 16.8. The number of carbonyl (C=O) groups excluding carboxylic acids is 1. The molecule has 0 saturated carbocycles. The van der Waals surface area contributed by atoms with Crippen LogP contribution in [0.1, 0.15) is 19.5 Å². The van der Waals surface area contributed by atoms with E-state index in [1.54, 1.807) is 6.07 Å². The molecule has 0 aliphatic rings. The van der Waals surface area contributed by atoms with E-state index in [-0.39, 0.29) is 33.1 Å². The summed E-state index contributed by atoms with van der Waals surface area (Å²) in [4.78, 5) is 11.3. The second-order valence-corrected chi connectivity index (χ2v) is 8.52. The molecule has 164 valence electrons. The van der Waals surface area contributed by atoms with Gasteiger partial charge in [0.2, 0.25) is 11.8 Å². The van der Waals surface area contributed by atoms with E-state index in [0.717, 1.165) is 12.1 Å². The van der Waals surface area contributed by atoms with Crippen molar-refractivity contribution in [3.05, 3.63) is 52.9 Å². The van der Waals surface area contributed by atoms with Crippen LogP contribution in [0.15, 0.2) is 45.8 Å². The number of aryl methyl sites for hydroxylation is 1. The number of sulfonamides is 1. The first-order chi connectivity index (χ1) is 14.7. The fourth-order valence-electron chi connectivity index (χ4n) is 2.92. The Morgan fingerprint density at radius 1 is 1.26 bits per heavy atom. The lowest BCUT2D eigenvalue weighted by atomic mass is 10.0. The molecule has 0 radical (unpaired) electrons. The Hall–Kier alpha value is -3.11. The van der Waals surface area contributed by atoms with E-state index < -0.39 is 15.8 Å². The van der Waals surface area contributed by atoms with Gasteiger partial charge in [-0.1, -0.05) is 29.7 Å². The number of nitrogens with one attached hydrogen (secondary N) is 2. The van der Waals surface area contributed by atoms with Crippen LogP contribution >= 0.6 is 11.6 Å². The Morgan fingerprint density at radius 3 is 2.61 bits per heavy atom. The quantitative estimate of drug-likeness (QED) is 0.530. The van der Waals surface area contributed by atoms with E-state index in [0.29, 0.717) is 23.2 Å². The van der Waals surface area contributed by atoms with Crippen molar-refractivity contribution >= 4 is 39.1 Å². The molecule has 3 rings (SSSR count). The molecule has 0 atom stereocenters. The van der Waals surface area contributed by atoms with Gasteiger partial charge >= 0.3 is 0 Å². The van der Waals surface area contributed by atoms with Crippen LogP contribution in [0.25, 0.3) is 11.1 Å². The minimum absolute atomic E-state index is 0.00804. The lowest BCUT2D eigenvalue weighted by molar-refractivity contribution is -0.114. The number of amides is 1. The maximum absolute atomic E-state index is 13.3. The van der Waals surface area contributed by atoms with Crippen LogP contribution in [-0.4, -0.2) is 26.6 Å². The SMILES string of the molecule is CCc1noc(NC(C)=O)c1-c1ccc(OC)c(S(=O)(=O)Nc2ccc(F)cc2Cl)c1. The fourth-order valence-corrected chi connectivity index (χ4v) is 4.47. The molecule has 0 saturated heterocycles. The van der Waals surface area contributed by atoms with Gasteiger partial charge in [0, 0.05) is 6.92 Å². The highest BCUT2D eigenvalue weighted by molar-refractivity contribution is 7.92. The fraction of sp³-hybridized carbons (Fsp3) is 0.200. The van der Waals surface area contributed by atoms with Gasteiger partial charge in [0.25, 0.3) is 10.0 Å². The monoisotopic (exact) mass is 467 g/mol. The number of methoxy groups -OCH3 is 1. The summed E-state index contributed by atoms with van der Waals surface area (Å²) in [7, 11) is -2.85. The van der Waals surface area contributed by atoms with Gasteiger partial charge in [-0.05, 0) is 42.3 Å². The minimum Gasteiger partial charge on any atom is -0.495 e. The average molecular weight is 468 g/mol. The molecule has 2 aromatic carbocycles. The van der Waals surface area contributed by atoms with E-state index in [1.165, 1.54) is 32.2 Å². The number of benzene rings is 2. The topological polar surface area (TPSA) is 111 Å². The molecule has 8 nitrogen and oxygen atoms in total. The molecule has 0 aliphatic heterocycles. The van der Waals surface area contributed by atoms with Crippen molar-refractivity contribution in [2.45, 2.75) is 25.2 Å². The Morgan fingerprint density at radius 2 is 2.00 bits per heavy atom. The first-order valence-electron chi connectivity index (χ1n) is 9.08. The maximum atomic E-state index is 13.3. The van der Waals surface area contributed by atoms with Crippen molar-refractivity contribution in [2.24, 2.45) is 0 Å². The second kappa shape index (κ2) is 8.94. The molecule has 31 heavy (non-hydrogen) atoms. The number of aromatic nitrogens is 1. The molecular weight excluding hydrogens is 449 g/mol. The number of halogens is 2. The van der Waals surface area contributed by atoms with Crippen molar-refractivity contribution in [3.63, 3.8) is 0 Å². The lowest BCUT2D eigenvalue weighted by Crippen LogP contribution is -2.14. The third kappa shape index (κ3) is 4.80. The highest BCUT2D eigenvalue weighted by Gasteiger charge is 2.25. The molecule has 0 fully saturated rings. The number of hydrogen-bond donors (Lipinski definition) is 2. The third-order valence-electron chi connectivity index (χ3n) is 4.30. The van der Waals surface area contributed by atoms with E-state index in [4.69, 9.17) is 20.9 Å². The van der Waals surface area contributed by atoms with Gasteiger partial charge in [0.15, 0.2) is 0 Å². The van der Waals surface area contributed by atoms with Crippen LogP contribution in [-0.2, 0) is 21.2 Å². The average Bonchev–Trinajstić information content (AvgIpc) is 3.11. The summed E-state index contributed by atoms with van der Waals surface area (Å²) in [6.07, 6.45) is 0.482. The van der Waals surface area contributed by atoms with E-state index in [1.807, 2.05) is 6.92 Å². The highest BCUT2D eigenvalue weighted by atomic mass is 35.5. The molecule has 1 heterocycles. The Kier molecular flexibility index (Phi) is 6.51. The summed E-state index contributed by atoms with van der Waals surface area (Å²) < 4.78 is 52.3. The van der Waals surface area contributed by atoms with Crippen LogP contribution in [0.2, 0.25) is 5.02 Å². The predicted octanol–water partition coefficient (Wildman–Crippen LogP) is 4.46. The standard InChI is InChI=1S/C20H19ClFN3O5S/c1-4-15-19(20(30-24-15)23-11(2)26)12-5-8-17(29-3)18(9-12)31(27,28)25-16-7-6-13(22)10-14(16)21/h5-10,25H,4H2,1-3H3,(H,23,26). The first-order valence-corrected chi connectivity index (χ1v) is 10.9. The molecule has 0 aliphatic carbocycles. The molecule has 0 spiro atoms. The molecule has 0 bridgehead atoms. The van der Waals surface area contributed by atoms with Crippen molar-refractivity contribution in [2.75, 3.05) is 17.1 Å². The summed E-state index contributed by atoms with van der Waals surface area (Å²) in [5, 5.41) is 6.40. The predicted molar refractivity (Wildman–Crippen MR) is 114 cm³/mol. The number of anilines is 2.